The molecule has 0 bridgehead atoms. The van der Waals surface area contributed by atoms with Crippen LogP contribution in [-0.4, -0.2) is 25.7 Å². The molecule has 0 aliphatic heterocycles. The average molecular weight is 326 g/mol. The van der Waals surface area contributed by atoms with Crippen molar-refractivity contribution >= 4 is 6.03 Å². The molecule has 2 rings (SSSR count). The molecular formula is C20H26N2O2. The molecule has 2 amide bonds. The molecule has 128 valence electrons. The van der Waals surface area contributed by atoms with E-state index in [0.29, 0.717) is 6.54 Å². The number of ether oxygens (including phenoxy) is 1. The highest BCUT2D eigenvalue weighted by Gasteiger charge is 2.08. The summed E-state index contributed by atoms with van der Waals surface area (Å²) in [4.78, 5) is 12.0. The van der Waals surface area contributed by atoms with Gasteiger partial charge in [-0.3, -0.25) is 0 Å². The minimum atomic E-state index is -0.126. The van der Waals surface area contributed by atoms with Crippen LogP contribution in [0.15, 0.2) is 48.5 Å². The van der Waals surface area contributed by atoms with Gasteiger partial charge in [-0.15, -0.1) is 0 Å². The Bertz CT molecular complexity index is 670. The molecule has 0 aliphatic rings. The Labute approximate surface area is 144 Å². The lowest BCUT2D eigenvalue weighted by molar-refractivity contribution is 0.238. The first-order valence-corrected chi connectivity index (χ1v) is 8.30. The predicted octanol–water partition coefficient (Wildman–Crippen LogP) is 3.48. The van der Waals surface area contributed by atoms with Crippen LogP contribution in [0.3, 0.4) is 0 Å². The molecule has 4 heteroatoms. The van der Waals surface area contributed by atoms with Gasteiger partial charge in [-0.05, 0) is 55.5 Å². The zero-order valence-corrected chi connectivity index (χ0v) is 14.6. The fraction of sp³-hybridized carbons (Fsp3) is 0.350. The third kappa shape index (κ3) is 5.61. The second-order valence-corrected chi connectivity index (χ2v) is 6.03. The quantitative estimate of drug-likeness (QED) is 0.818. The number of methoxy groups -OCH3 is 1. The number of benzene rings is 2. The van der Waals surface area contributed by atoms with Crippen molar-refractivity contribution in [2.75, 3.05) is 13.7 Å². The van der Waals surface area contributed by atoms with Crippen molar-refractivity contribution in [3.8, 4) is 5.75 Å². The number of carbonyl (C=O) groups excluding carboxylic acids is 1. The van der Waals surface area contributed by atoms with Crippen molar-refractivity contribution < 1.29 is 9.53 Å². The van der Waals surface area contributed by atoms with E-state index in [-0.39, 0.29) is 12.1 Å². The van der Waals surface area contributed by atoms with Gasteiger partial charge in [0.25, 0.3) is 0 Å². The number of rotatable bonds is 7. The lowest BCUT2D eigenvalue weighted by atomic mass is 10.1. The first kappa shape index (κ1) is 17.9. The lowest BCUT2D eigenvalue weighted by Gasteiger charge is -2.15. The van der Waals surface area contributed by atoms with Crippen molar-refractivity contribution in [2.24, 2.45) is 0 Å². The molecular weight excluding hydrogens is 300 g/mol. The molecule has 24 heavy (non-hydrogen) atoms. The number of hydrogen-bond donors (Lipinski definition) is 2. The Morgan fingerprint density at radius 3 is 2.71 bits per heavy atom. The smallest absolute Gasteiger partial charge is 0.315 e. The van der Waals surface area contributed by atoms with E-state index in [1.165, 1.54) is 11.1 Å². The SMILES string of the molecule is COc1cccc(CC(C)NC(=O)NCCc2ccccc2C)c1. The van der Waals surface area contributed by atoms with E-state index < -0.39 is 0 Å². The highest BCUT2D eigenvalue weighted by Crippen LogP contribution is 2.14. The molecule has 1 unspecified atom stereocenters. The Morgan fingerprint density at radius 1 is 1.17 bits per heavy atom. The molecule has 0 saturated carbocycles. The first-order valence-electron chi connectivity index (χ1n) is 8.30. The second-order valence-electron chi connectivity index (χ2n) is 6.03. The standard InChI is InChI=1S/C20H26N2O2/c1-15-7-4-5-9-18(15)11-12-21-20(23)22-16(2)13-17-8-6-10-19(14-17)24-3/h4-10,14,16H,11-13H2,1-3H3,(H2,21,22,23). The summed E-state index contributed by atoms with van der Waals surface area (Å²) >= 11 is 0. The fourth-order valence-electron chi connectivity index (χ4n) is 2.68. The normalized spacial score (nSPS) is 11.6. The summed E-state index contributed by atoms with van der Waals surface area (Å²) in [6.45, 7) is 4.72. The summed E-state index contributed by atoms with van der Waals surface area (Å²) in [6, 6.07) is 16.1. The fourth-order valence-corrected chi connectivity index (χ4v) is 2.68. The van der Waals surface area contributed by atoms with Gasteiger partial charge in [0, 0.05) is 12.6 Å². The number of carbonyl (C=O) groups is 1. The Hall–Kier alpha value is -2.49. The van der Waals surface area contributed by atoms with E-state index in [2.05, 4.69) is 29.7 Å². The number of nitrogens with one attached hydrogen (secondary N) is 2. The Kier molecular flexibility index (Phi) is 6.67. The summed E-state index contributed by atoms with van der Waals surface area (Å²) in [5.74, 6) is 0.836. The van der Waals surface area contributed by atoms with Crippen LogP contribution in [-0.2, 0) is 12.8 Å². The maximum Gasteiger partial charge on any atom is 0.315 e. The molecule has 0 radical (unpaired) electrons. The number of hydrogen-bond acceptors (Lipinski definition) is 2. The molecule has 0 fully saturated rings. The van der Waals surface area contributed by atoms with Crippen LogP contribution >= 0.6 is 0 Å². The molecule has 2 aromatic carbocycles. The summed E-state index contributed by atoms with van der Waals surface area (Å²) < 4.78 is 5.22. The van der Waals surface area contributed by atoms with E-state index in [1.807, 2.05) is 43.3 Å². The minimum absolute atomic E-state index is 0.0515. The third-order valence-electron chi connectivity index (χ3n) is 3.99. The lowest BCUT2D eigenvalue weighted by Crippen LogP contribution is -2.42. The van der Waals surface area contributed by atoms with Crippen molar-refractivity contribution in [3.05, 3.63) is 65.2 Å². The summed E-state index contributed by atoms with van der Waals surface area (Å²) in [7, 11) is 1.66. The molecule has 0 aromatic heterocycles. The number of amides is 2. The minimum Gasteiger partial charge on any atom is -0.497 e. The third-order valence-corrected chi connectivity index (χ3v) is 3.99. The van der Waals surface area contributed by atoms with Crippen LogP contribution in [0.5, 0.6) is 5.75 Å². The zero-order valence-electron chi connectivity index (χ0n) is 14.6. The molecule has 0 spiro atoms. The first-order chi connectivity index (χ1) is 11.6. The summed E-state index contributed by atoms with van der Waals surface area (Å²) in [6.07, 6.45) is 1.60. The van der Waals surface area contributed by atoms with Crippen LogP contribution in [0.2, 0.25) is 0 Å². The van der Waals surface area contributed by atoms with Gasteiger partial charge in [-0.2, -0.15) is 0 Å². The average Bonchev–Trinajstić information content (AvgIpc) is 2.56. The van der Waals surface area contributed by atoms with Gasteiger partial charge in [-0.1, -0.05) is 36.4 Å². The van der Waals surface area contributed by atoms with E-state index in [1.54, 1.807) is 7.11 Å². The second kappa shape index (κ2) is 8.96. The zero-order chi connectivity index (χ0) is 17.4. The molecule has 4 nitrogen and oxygen atoms in total. The molecule has 0 aliphatic carbocycles. The van der Waals surface area contributed by atoms with Crippen LogP contribution in [0.1, 0.15) is 23.6 Å². The molecule has 0 saturated heterocycles. The van der Waals surface area contributed by atoms with Gasteiger partial charge in [-0.25, -0.2) is 4.79 Å². The molecule has 2 aromatic rings. The van der Waals surface area contributed by atoms with Gasteiger partial charge in [0.2, 0.25) is 0 Å². The van der Waals surface area contributed by atoms with Crippen LogP contribution < -0.4 is 15.4 Å². The van der Waals surface area contributed by atoms with Crippen LogP contribution in [0.25, 0.3) is 0 Å². The molecule has 0 heterocycles. The summed E-state index contributed by atoms with van der Waals surface area (Å²) in [5, 5.41) is 5.90. The molecule has 2 N–H and O–H groups in total. The van der Waals surface area contributed by atoms with Crippen LogP contribution in [0, 0.1) is 6.92 Å². The predicted molar refractivity (Wildman–Crippen MR) is 97.6 cm³/mol. The van der Waals surface area contributed by atoms with E-state index >= 15 is 0 Å². The van der Waals surface area contributed by atoms with Gasteiger partial charge in [0.15, 0.2) is 0 Å². The van der Waals surface area contributed by atoms with Gasteiger partial charge in [0.1, 0.15) is 5.75 Å². The number of urea groups is 1. The van der Waals surface area contributed by atoms with Crippen LogP contribution in [0.4, 0.5) is 4.79 Å². The maximum atomic E-state index is 12.0. The maximum absolute atomic E-state index is 12.0. The largest absolute Gasteiger partial charge is 0.497 e. The topological polar surface area (TPSA) is 50.4 Å². The Morgan fingerprint density at radius 2 is 1.96 bits per heavy atom. The van der Waals surface area contributed by atoms with Crippen molar-refractivity contribution in [2.45, 2.75) is 32.7 Å². The van der Waals surface area contributed by atoms with E-state index in [4.69, 9.17) is 4.74 Å². The molecule has 1 atom stereocenters. The number of aryl methyl sites for hydroxylation is 1. The van der Waals surface area contributed by atoms with Gasteiger partial charge >= 0.3 is 6.03 Å². The van der Waals surface area contributed by atoms with Crippen molar-refractivity contribution in [1.29, 1.82) is 0 Å². The summed E-state index contributed by atoms with van der Waals surface area (Å²) in [5.41, 5.74) is 3.66. The van der Waals surface area contributed by atoms with E-state index in [9.17, 15) is 4.79 Å². The van der Waals surface area contributed by atoms with Gasteiger partial charge < -0.3 is 15.4 Å². The highest BCUT2D eigenvalue weighted by atomic mass is 16.5. The van der Waals surface area contributed by atoms with Gasteiger partial charge in [0.05, 0.1) is 7.11 Å². The van der Waals surface area contributed by atoms with Crippen molar-refractivity contribution in [1.82, 2.24) is 10.6 Å². The monoisotopic (exact) mass is 326 g/mol. The van der Waals surface area contributed by atoms with E-state index in [0.717, 1.165) is 24.2 Å². The Balaban J connectivity index is 1.74. The van der Waals surface area contributed by atoms with Crippen molar-refractivity contribution in [3.63, 3.8) is 0 Å². The highest BCUT2D eigenvalue weighted by molar-refractivity contribution is 5.74.